The van der Waals surface area contributed by atoms with Gasteiger partial charge in [0, 0.05) is 18.7 Å². The van der Waals surface area contributed by atoms with Crippen LogP contribution in [0.4, 0.5) is 0 Å². The molecule has 4 nitrogen and oxygen atoms in total. The van der Waals surface area contributed by atoms with Crippen LogP contribution in [0.25, 0.3) is 0 Å². The fourth-order valence-corrected chi connectivity index (χ4v) is 2.19. The second-order valence-corrected chi connectivity index (χ2v) is 5.21. The van der Waals surface area contributed by atoms with Gasteiger partial charge in [0.1, 0.15) is 0 Å². The predicted octanol–water partition coefficient (Wildman–Crippen LogP) is 1.93. The number of carbonyl (C=O) groups is 2. The van der Waals surface area contributed by atoms with Gasteiger partial charge in [0.2, 0.25) is 0 Å². The number of carbonyl (C=O) groups excluding carboxylic acids is 1. The molecular formula is C14H17NO3. The van der Waals surface area contributed by atoms with Crippen LogP contribution in [-0.4, -0.2) is 35.0 Å². The Labute approximate surface area is 106 Å². The lowest BCUT2D eigenvalue weighted by Gasteiger charge is -2.20. The Kier molecular flexibility index (Phi) is 3.11. The predicted molar refractivity (Wildman–Crippen MR) is 67.4 cm³/mol. The fraction of sp³-hybridized carbons (Fsp3) is 0.429. The minimum Gasteiger partial charge on any atom is -0.481 e. The minimum absolute atomic E-state index is 0.0834. The number of carboxylic acid groups (broad SMARTS) is 1. The SMILES string of the molecule is Cc1ccc(C(=O)N2CCC(C)(C(=O)O)C2)cc1. The maximum atomic E-state index is 12.2. The Balaban J connectivity index is 2.12. The Morgan fingerprint density at radius 2 is 1.89 bits per heavy atom. The monoisotopic (exact) mass is 247 g/mol. The molecule has 0 spiro atoms. The smallest absolute Gasteiger partial charge is 0.311 e. The van der Waals surface area contributed by atoms with Crippen LogP contribution < -0.4 is 0 Å². The van der Waals surface area contributed by atoms with Gasteiger partial charge in [0.15, 0.2) is 0 Å². The molecule has 2 rings (SSSR count). The molecule has 1 fully saturated rings. The second-order valence-electron chi connectivity index (χ2n) is 5.21. The third-order valence-electron chi connectivity index (χ3n) is 3.58. The number of hydrogen-bond donors (Lipinski definition) is 1. The van der Waals surface area contributed by atoms with Crippen LogP contribution in [0.1, 0.15) is 29.3 Å². The van der Waals surface area contributed by atoms with Gasteiger partial charge >= 0.3 is 5.97 Å². The number of amides is 1. The van der Waals surface area contributed by atoms with Crippen LogP contribution >= 0.6 is 0 Å². The van der Waals surface area contributed by atoms with Crippen LogP contribution in [-0.2, 0) is 4.79 Å². The summed E-state index contributed by atoms with van der Waals surface area (Å²) in [7, 11) is 0. The molecule has 1 aromatic carbocycles. The highest BCUT2D eigenvalue weighted by Crippen LogP contribution is 2.30. The summed E-state index contributed by atoms with van der Waals surface area (Å²) in [6, 6.07) is 7.35. The highest BCUT2D eigenvalue weighted by atomic mass is 16.4. The molecule has 1 saturated heterocycles. The average Bonchev–Trinajstić information content (AvgIpc) is 2.73. The van der Waals surface area contributed by atoms with Gasteiger partial charge in [-0.2, -0.15) is 0 Å². The van der Waals surface area contributed by atoms with Crippen LogP contribution in [0.15, 0.2) is 24.3 Å². The lowest BCUT2D eigenvalue weighted by Crippen LogP contribution is -2.34. The Bertz CT molecular complexity index is 480. The highest BCUT2D eigenvalue weighted by molar-refractivity contribution is 5.95. The van der Waals surface area contributed by atoms with E-state index >= 15 is 0 Å². The normalized spacial score (nSPS) is 23.1. The number of likely N-dealkylation sites (tertiary alicyclic amines) is 1. The number of nitrogens with zero attached hydrogens (tertiary/aromatic N) is 1. The zero-order valence-electron chi connectivity index (χ0n) is 10.6. The quantitative estimate of drug-likeness (QED) is 0.868. The Hall–Kier alpha value is -1.84. The van der Waals surface area contributed by atoms with Crippen molar-refractivity contribution in [3.8, 4) is 0 Å². The number of hydrogen-bond acceptors (Lipinski definition) is 2. The van der Waals surface area contributed by atoms with Gasteiger partial charge in [-0.05, 0) is 32.4 Å². The second kappa shape index (κ2) is 4.44. The van der Waals surface area contributed by atoms with Crippen molar-refractivity contribution in [2.24, 2.45) is 5.41 Å². The number of carboxylic acids is 1. The van der Waals surface area contributed by atoms with Crippen molar-refractivity contribution in [2.45, 2.75) is 20.3 Å². The molecule has 0 aliphatic carbocycles. The molecule has 1 amide bonds. The maximum absolute atomic E-state index is 12.2. The summed E-state index contributed by atoms with van der Waals surface area (Å²) in [5, 5.41) is 9.14. The van der Waals surface area contributed by atoms with E-state index < -0.39 is 11.4 Å². The molecule has 1 unspecified atom stereocenters. The zero-order chi connectivity index (χ0) is 13.3. The first-order valence-corrected chi connectivity index (χ1v) is 6.02. The number of aryl methyl sites for hydroxylation is 1. The van der Waals surface area contributed by atoms with E-state index in [1.54, 1.807) is 24.0 Å². The molecule has 1 aromatic rings. The average molecular weight is 247 g/mol. The maximum Gasteiger partial charge on any atom is 0.311 e. The summed E-state index contributed by atoms with van der Waals surface area (Å²) in [5.41, 5.74) is 0.916. The molecule has 1 aliphatic heterocycles. The van der Waals surface area contributed by atoms with Crippen LogP contribution in [0.3, 0.4) is 0 Å². The summed E-state index contributed by atoms with van der Waals surface area (Å²) in [5.74, 6) is -0.915. The van der Waals surface area contributed by atoms with Crippen molar-refractivity contribution >= 4 is 11.9 Å². The third kappa shape index (κ3) is 2.23. The fourth-order valence-electron chi connectivity index (χ4n) is 2.19. The van der Waals surface area contributed by atoms with E-state index in [1.807, 2.05) is 19.1 Å². The van der Waals surface area contributed by atoms with Crippen molar-refractivity contribution in [3.05, 3.63) is 35.4 Å². The lowest BCUT2D eigenvalue weighted by molar-refractivity contribution is -0.147. The summed E-state index contributed by atoms with van der Waals surface area (Å²) in [6.45, 7) is 4.45. The topological polar surface area (TPSA) is 57.6 Å². The summed E-state index contributed by atoms with van der Waals surface area (Å²) in [6.07, 6.45) is 0.514. The first kappa shape index (κ1) is 12.6. The van der Waals surface area contributed by atoms with E-state index in [1.165, 1.54) is 0 Å². The molecule has 1 atom stereocenters. The van der Waals surface area contributed by atoms with Crippen molar-refractivity contribution in [3.63, 3.8) is 0 Å². The van der Waals surface area contributed by atoms with E-state index in [2.05, 4.69) is 0 Å². The first-order chi connectivity index (χ1) is 8.42. The van der Waals surface area contributed by atoms with Gasteiger partial charge in [-0.25, -0.2) is 0 Å². The molecule has 0 aromatic heterocycles. The molecule has 1 N–H and O–H groups in total. The Morgan fingerprint density at radius 3 is 2.39 bits per heavy atom. The van der Waals surface area contributed by atoms with E-state index in [0.717, 1.165) is 5.56 Å². The van der Waals surface area contributed by atoms with Crippen molar-refractivity contribution in [1.29, 1.82) is 0 Å². The number of aliphatic carboxylic acids is 1. The molecular weight excluding hydrogens is 230 g/mol. The van der Waals surface area contributed by atoms with E-state index in [4.69, 9.17) is 5.11 Å². The van der Waals surface area contributed by atoms with Crippen molar-refractivity contribution < 1.29 is 14.7 Å². The van der Waals surface area contributed by atoms with E-state index in [-0.39, 0.29) is 12.5 Å². The molecule has 0 saturated carbocycles. The standard InChI is InChI=1S/C14H17NO3/c1-10-3-5-11(6-4-10)12(16)15-8-7-14(2,9-15)13(17)18/h3-6H,7-9H2,1-2H3,(H,17,18). The third-order valence-corrected chi connectivity index (χ3v) is 3.58. The molecule has 1 heterocycles. The van der Waals surface area contributed by atoms with Crippen LogP contribution in [0.2, 0.25) is 0 Å². The largest absolute Gasteiger partial charge is 0.481 e. The molecule has 0 bridgehead atoms. The summed E-state index contributed by atoms with van der Waals surface area (Å²) < 4.78 is 0. The van der Waals surface area contributed by atoms with E-state index in [9.17, 15) is 9.59 Å². The lowest BCUT2D eigenvalue weighted by atomic mass is 9.90. The van der Waals surface area contributed by atoms with Gasteiger partial charge in [-0.15, -0.1) is 0 Å². The molecule has 18 heavy (non-hydrogen) atoms. The molecule has 0 radical (unpaired) electrons. The van der Waals surface area contributed by atoms with Gasteiger partial charge < -0.3 is 10.0 Å². The first-order valence-electron chi connectivity index (χ1n) is 6.02. The Morgan fingerprint density at radius 1 is 1.28 bits per heavy atom. The number of rotatable bonds is 2. The van der Waals surface area contributed by atoms with Crippen molar-refractivity contribution in [2.75, 3.05) is 13.1 Å². The number of benzene rings is 1. The molecule has 96 valence electrons. The van der Waals surface area contributed by atoms with Crippen LogP contribution in [0.5, 0.6) is 0 Å². The van der Waals surface area contributed by atoms with E-state index in [0.29, 0.717) is 18.5 Å². The molecule has 4 heteroatoms. The van der Waals surface area contributed by atoms with Crippen LogP contribution in [0, 0.1) is 12.3 Å². The van der Waals surface area contributed by atoms with Crippen molar-refractivity contribution in [1.82, 2.24) is 4.90 Å². The zero-order valence-corrected chi connectivity index (χ0v) is 10.6. The summed E-state index contributed by atoms with van der Waals surface area (Å²) >= 11 is 0. The minimum atomic E-state index is -0.832. The van der Waals surface area contributed by atoms with Gasteiger partial charge in [-0.1, -0.05) is 17.7 Å². The molecule has 1 aliphatic rings. The van der Waals surface area contributed by atoms with Gasteiger partial charge in [0.05, 0.1) is 5.41 Å². The van der Waals surface area contributed by atoms with Gasteiger partial charge in [0.25, 0.3) is 5.91 Å². The van der Waals surface area contributed by atoms with Gasteiger partial charge in [-0.3, -0.25) is 9.59 Å². The highest BCUT2D eigenvalue weighted by Gasteiger charge is 2.42. The summed E-state index contributed by atoms with van der Waals surface area (Å²) in [4.78, 5) is 25.0.